The summed E-state index contributed by atoms with van der Waals surface area (Å²) in [6, 6.07) is 0.426. The third-order valence-electron chi connectivity index (χ3n) is 3.48. The number of carbonyl (C=O) groups is 1. The van der Waals surface area contributed by atoms with Crippen LogP contribution in [0.4, 0.5) is 0 Å². The average molecular weight is 240 g/mol. The van der Waals surface area contributed by atoms with Crippen molar-refractivity contribution in [2.45, 2.75) is 44.6 Å². The number of nitrogens with one attached hydrogen (secondary N) is 2. The molecular formula is C13H24N2O2. The van der Waals surface area contributed by atoms with Gasteiger partial charge in [0.2, 0.25) is 5.91 Å². The summed E-state index contributed by atoms with van der Waals surface area (Å²) in [6.45, 7) is 2.80. The molecule has 0 unspecified atom stereocenters. The van der Waals surface area contributed by atoms with Crippen molar-refractivity contribution in [1.29, 1.82) is 0 Å². The second-order valence-corrected chi connectivity index (χ2v) is 5.24. The number of ether oxygens (including phenoxy) is 1. The zero-order valence-electron chi connectivity index (χ0n) is 10.5. The molecule has 2 aliphatic rings. The van der Waals surface area contributed by atoms with E-state index in [1.165, 1.54) is 25.7 Å². The predicted molar refractivity (Wildman–Crippen MR) is 66.8 cm³/mol. The van der Waals surface area contributed by atoms with Gasteiger partial charge in [0.15, 0.2) is 0 Å². The lowest BCUT2D eigenvalue weighted by Crippen LogP contribution is -2.39. The second kappa shape index (κ2) is 6.97. The lowest BCUT2D eigenvalue weighted by atomic mass is 10.2. The van der Waals surface area contributed by atoms with Crippen molar-refractivity contribution in [3.8, 4) is 0 Å². The maximum atomic E-state index is 11.5. The zero-order chi connectivity index (χ0) is 11.9. The van der Waals surface area contributed by atoms with E-state index < -0.39 is 0 Å². The standard InChI is InChI=1S/C13H24N2O2/c16-13(15-12-3-1-2-4-12)9-14-7-8-17-10-11-5-6-11/h11-12,14H,1-10H2,(H,15,16). The van der Waals surface area contributed by atoms with Crippen LogP contribution in [-0.2, 0) is 9.53 Å². The summed E-state index contributed by atoms with van der Waals surface area (Å²) in [5, 5.41) is 6.17. The number of carbonyl (C=O) groups excluding carboxylic acids is 1. The number of hydrogen-bond donors (Lipinski definition) is 2. The van der Waals surface area contributed by atoms with Crippen molar-refractivity contribution in [3.05, 3.63) is 0 Å². The molecule has 2 aliphatic carbocycles. The van der Waals surface area contributed by atoms with Gasteiger partial charge in [0, 0.05) is 19.2 Å². The van der Waals surface area contributed by atoms with Crippen molar-refractivity contribution in [2.75, 3.05) is 26.3 Å². The molecule has 2 fully saturated rings. The molecule has 0 saturated heterocycles. The van der Waals surface area contributed by atoms with Crippen LogP contribution in [0.15, 0.2) is 0 Å². The molecule has 0 aromatic heterocycles. The Bertz CT molecular complexity index is 236. The van der Waals surface area contributed by atoms with Crippen LogP contribution >= 0.6 is 0 Å². The Morgan fingerprint density at radius 3 is 2.65 bits per heavy atom. The number of rotatable bonds is 8. The van der Waals surface area contributed by atoms with E-state index in [2.05, 4.69) is 10.6 Å². The smallest absolute Gasteiger partial charge is 0.234 e. The summed E-state index contributed by atoms with van der Waals surface area (Å²) in [7, 11) is 0. The van der Waals surface area contributed by atoms with Gasteiger partial charge in [0.25, 0.3) is 0 Å². The Kier molecular flexibility index (Phi) is 5.26. The average Bonchev–Trinajstić information content (AvgIpc) is 3.00. The van der Waals surface area contributed by atoms with Crippen molar-refractivity contribution in [1.82, 2.24) is 10.6 Å². The molecule has 4 nitrogen and oxygen atoms in total. The van der Waals surface area contributed by atoms with Crippen LogP contribution < -0.4 is 10.6 Å². The summed E-state index contributed by atoms with van der Waals surface area (Å²) in [4.78, 5) is 11.5. The van der Waals surface area contributed by atoms with Gasteiger partial charge in [-0.3, -0.25) is 4.79 Å². The molecule has 2 rings (SSSR count). The molecule has 0 bridgehead atoms. The van der Waals surface area contributed by atoms with E-state index in [0.717, 1.165) is 31.9 Å². The largest absolute Gasteiger partial charge is 0.380 e. The van der Waals surface area contributed by atoms with Gasteiger partial charge in [0.1, 0.15) is 0 Å². The van der Waals surface area contributed by atoms with E-state index in [4.69, 9.17) is 4.74 Å². The van der Waals surface area contributed by atoms with Gasteiger partial charge >= 0.3 is 0 Å². The van der Waals surface area contributed by atoms with Crippen LogP contribution in [-0.4, -0.2) is 38.3 Å². The van der Waals surface area contributed by atoms with Crippen LogP contribution in [0.25, 0.3) is 0 Å². The highest BCUT2D eigenvalue weighted by Crippen LogP contribution is 2.28. The van der Waals surface area contributed by atoms with Crippen molar-refractivity contribution in [3.63, 3.8) is 0 Å². The van der Waals surface area contributed by atoms with Gasteiger partial charge in [0.05, 0.1) is 13.2 Å². The maximum absolute atomic E-state index is 11.5. The zero-order valence-corrected chi connectivity index (χ0v) is 10.5. The first-order valence-corrected chi connectivity index (χ1v) is 6.92. The van der Waals surface area contributed by atoms with E-state index in [0.29, 0.717) is 19.2 Å². The van der Waals surface area contributed by atoms with E-state index >= 15 is 0 Å². The molecule has 0 heterocycles. The van der Waals surface area contributed by atoms with Crippen LogP contribution in [0.5, 0.6) is 0 Å². The predicted octanol–water partition coefficient (Wildman–Crippen LogP) is 1.06. The monoisotopic (exact) mass is 240 g/mol. The van der Waals surface area contributed by atoms with Crippen LogP contribution in [0, 0.1) is 5.92 Å². The summed E-state index contributed by atoms with van der Waals surface area (Å²) in [5.41, 5.74) is 0. The molecule has 0 aromatic carbocycles. The molecule has 0 radical (unpaired) electrons. The Morgan fingerprint density at radius 2 is 1.94 bits per heavy atom. The summed E-state index contributed by atoms with van der Waals surface area (Å²) < 4.78 is 5.48. The fraction of sp³-hybridized carbons (Fsp3) is 0.923. The van der Waals surface area contributed by atoms with Gasteiger partial charge in [-0.2, -0.15) is 0 Å². The number of amides is 1. The van der Waals surface area contributed by atoms with Crippen LogP contribution in [0.2, 0.25) is 0 Å². The van der Waals surface area contributed by atoms with Gasteiger partial charge in [-0.25, -0.2) is 0 Å². The second-order valence-electron chi connectivity index (χ2n) is 5.24. The van der Waals surface area contributed by atoms with Gasteiger partial charge in [-0.15, -0.1) is 0 Å². The molecule has 1 amide bonds. The molecule has 17 heavy (non-hydrogen) atoms. The fourth-order valence-corrected chi connectivity index (χ4v) is 2.23. The maximum Gasteiger partial charge on any atom is 0.234 e. The van der Waals surface area contributed by atoms with E-state index in [9.17, 15) is 4.79 Å². The highest BCUT2D eigenvalue weighted by Gasteiger charge is 2.20. The molecule has 2 N–H and O–H groups in total. The summed E-state index contributed by atoms with van der Waals surface area (Å²) in [5.74, 6) is 0.944. The highest BCUT2D eigenvalue weighted by atomic mass is 16.5. The third-order valence-corrected chi connectivity index (χ3v) is 3.48. The van der Waals surface area contributed by atoms with Gasteiger partial charge in [-0.1, -0.05) is 12.8 Å². The Labute approximate surface area is 103 Å². The van der Waals surface area contributed by atoms with Gasteiger partial charge < -0.3 is 15.4 Å². The van der Waals surface area contributed by atoms with Crippen molar-refractivity contribution >= 4 is 5.91 Å². The first kappa shape index (κ1) is 12.8. The SMILES string of the molecule is O=C(CNCCOCC1CC1)NC1CCCC1. The number of hydrogen-bond acceptors (Lipinski definition) is 3. The van der Waals surface area contributed by atoms with Gasteiger partial charge in [-0.05, 0) is 31.6 Å². The molecule has 98 valence electrons. The Morgan fingerprint density at radius 1 is 1.18 bits per heavy atom. The van der Waals surface area contributed by atoms with E-state index in [1.807, 2.05) is 0 Å². The van der Waals surface area contributed by atoms with Crippen LogP contribution in [0.3, 0.4) is 0 Å². The first-order valence-electron chi connectivity index (χ1n) is 6.92. The van der Waals surface area contributed by atoms with E-state index in [-0.39, 0.29) is 5.91 Å². The first-order chi connectivity index (χ1) is 8.34. The molecule has 0 aromatic rings. The van der Waals surface area contributed by atoms with Crippen LogP contribution in [0.1, 0.15) is 38.5 Å². The Balaban J connectivity index is 1.39. The molecule has 0 aliphatic heterocycles. The topological polar surface area (TPSA) is 50.4 Å². The minimum atomic E-state index is 0.124. The molecule has 0 spiro atoms. The highest BCUT2D eigenvalue weighted by molar-refractivity contribution is 5.78. The van der Waals surface area contributed by atoms with E-state index in [1.54, 1.807) is 0 Å². The lowest BCUT2D eigenvalue weighted by Gasteiger charge is -2.12. The third kappa shape index (κ3) is 5.50. The molecule has 2 saturated carbocycles. The lowest BCUT2D eigenvalue weighted by molar-refractivity contribution is -0.120. The minimum absolute atomic E-state index is 0.124. The van der Waals surface area contributed by atoms with Crippen molar-refractivity contribution in [2.24, 2.45) is 5.92 Å². The van der Waals surface area contributed by atoms with Crippen molar-refractivity contribution < 1.29 is 9.53 Å². The Hall–Kier alpha value is -0.610. The molecular weight excluding hydrogens is 216 g/mol. The minimum Gasteiger partial charge on any atom is -0.380 e. The normalized spacial score (nSPS) is 20.7. The quantitative estimate of drug-likeness (QED) is 0.624. The molecule has 0 atom stereocenters. The molecule has 4 heteroatoms. The summed E-state index contributed by atoms with van der Waals surface area (Å²) in [6.07, 6.45) is 7.47. The fourth-order valence-electron chi connectivity index (χ4n) is 2.23. The summed E-state index contributed by atoms with van der Waals surface area (Å²) >= 11 is 0.